The van der Waals surface area contributed by atoms with Crippen molar-refractivity contribution in [3.63, 3.8) is 0 Å². The summed E-state index contributed by atoms with van der Waals surface area (Å²) in [7, 11) is 0. The normalized spacial score (nSPS) is 11.9. The Morgan fingerprint density at radius 3 is 2.60 bits per heavy atom. The minimum Gasteiger partial charge on any atom is -0.466 e. The highest BCUT2D eigenvalue weighted by molar-refractivity contribution is 5.65. The first kappa shape index (κ1) is 17.7. The first-order chi connectivity index (χ1) is 9.66. The number of carbonyl (C=O) groups is 1. The molecule has 4 heteroatoms. The number of aliphatic hydroxyl groups is 2. The molecule has 0 amide bonds. The molecule has 106 valence electrons. The molecule has 0 aliphatic heterocycles. The number of hydrogen-bond acceptors (Lipinski definition) is 4. The van der Waals surface area contributed by atoms with Gasteiger partial charge in [-0.1, -0.05) is 36.1 Å². The Hall–Kier alpha value is -2.27. The van der Waals surface area contributed by atoms with Gasteiger partial charge in [-0.15, -0.1) is 0 Å². The monoisotopic (exact) mass is 274 g/mol. The van der Waals surface area contributed by atoms with E-state index in [9.17, 15) is 9.90 Å². The van der Waals surface area contributed by atoms with Gasteiger partial charge in [0.25, 0.3) is 0 Å². The molecular weight excluding hydrogens is 256 g/mol. The Kier molecular flexibility index (Phi) is 11.7. The molecule has 0 aromatic rings. The summed E-state index contributed by atoms with van der Waals surface area (Å²) in [4.78, 5) is 10.5. The van der Waals surface area contributed by atoms with Crippen LogP contribution in [0.25, 0.3) is 0 Å². The van der Waals surface area contributed by atoms with E-state index in [1.54, 1.807) is 24.3 Å². The molecule has 0 heterocycles. The Bertz CT molecular complexity index is 478. The summed E-state index contributed by atoms with van der Waals surface area (Å²) in [6.07, 6.45) is 9.26. The van der Waals surface area contributed by atoms with E-state index in [0.29, 0.717) is 6.42 Å². The largest absolute Gasteiger partial charge is 0.466 e. The van der Waals surface area contributed by atoms with Crippen molar-refractivity contribution in [1.82, 2.24) is 0 Å². The molecule has 0 radical (unpaired) electrons. The van der Waals surface area contributed by atoms with Gasteiger partial charge in [0.2, 0.25) is 0 Å². The molecule has 0 fully saturated rings. The summed E-state index contributed by atoms with van der Waals surface area (Å²) in [6, 6.07) is 0. The lowest BCUT2D eigenvalue weighted by atomic mass is 10.2. The Balaban J connectivity index is 3.90. The van der Waals surface area contributed by atoms with Crippen LogP contribution in [0.15, 0.2) is 36.5 Å². The van der Waals surface area contributed by atoms with Crippen LogP contribution in [0.5, 0.6) is 0 Å². The van der Waals surface area contributed by atoms with Crippen molar-refractivity contribution in [2.24, 2.45) is 0 Å². The molecule has 1 unspecified atom stereocenters. The minimum absolute atomic E-state index is 0.0351. The van der Waals surface area contributed by atoms with Gasteiger partial charge in [-0.25, -0.2) is 0 Å². The fourth-order valence-electron chi connectivity index (χ4n) is 0.983. The highest BCUT2D eigenvalue weighted by Crippen LogP contribution is 1.95. The van der Waals surface area contributed by atoms with Crippen molar-refractivity contribution in [1.29, 1.82) is 0 Å². The van der Waals surface area contributed by atoms with Crippen molar-refractivity contribution >= 4 is 5.97 Å². The van der Waals surface area contributed by atoms with Gasteiger partial charge < -0.3 is 14.9 Å². The summed E-state index contributed by atoms with van der Waals surface area (Å²) < 4.78 is 4.70. The molecule has 0 saturated heterocycles. The van der Waals surface area contributed by atoms with E-state index in [2.05, 4.69) is 23.7 Å². The van der Waals surface area contributed by atoms with Crippen LogP contribution in [0, 0.1) is 23.7 Å². The fourth-order valence-corrected chi connectivity index (χ4v) is 0.983. The first-order valence-electron chi connectivity index (χ1n) is 6.08. The van der Waals surface area contributed by atoms with Crippen LogP contribution in [0.4, 0.5) is 0 Å². The SMILES string of the molecule is CC(=O)OCCC(O)/C=C/C=C/C#CC#C/C=C/CO. The van der Waals surface area contributed by atoms with Crippen molar-refractivity contribution in [3.05, 3.63) is 36.5 Å². The third kappa shape index (κ3) is 13.8. The van der Waals surface area contributed by atoms with E-state index in [-0.39, 0.29) is 19.2 Å². The molecule has 2 N–H and O–H groups in total. The lowest BCUT2D eigenvalue weighted by molar-refractivity contribution is -0.141. The molecule has 0 bridgehead atoms. The van der Waals surface area contributed by atoms with E-state index in [4.69, 9.17) is 9.84 Å². The van der Waals surface area contributed by atoms with Crippen LogP contribution in [0.2, 0.25) is 0 Å². The van der Waals surface area contributed by atoms with E-state index >= 15 is 0 Å². The first-order valence-corrected chi connectivity index (χ1v) is 6.08. The number of ether oxygens (including phenoxy) is 1. The number of allylic oxidation sites excluding steroid dienone is 4. The molecule has 0 rings (SSSR count). The summed E-state index contributed by atoms with van der Waals surface area (Å²) in [6.45, 7) is 1.49. The third-order valence-electron chi connectivity index (χ3n) is 1.86. The van der Waals surface area contributed by atoms with Crippen molar-refractivity contribution < 1.29 is 19.7 Å². The van der Waals surface area contributed by atoms with Gasteiger partial charge in [0.15, 0.2) is 0 Å². The van der Waals surface area contributed by atoms with Crippen LogP contribution in [0.3, 0.4) is 0 Å². The van der Waals surface area contributed by atoms with Gasteiger partial charge in [-0.2, -0.15) is 0 Å². The summed E-state index contributed by atoms with van der Waals surface area (Å²) in [5.74, 6) is 10.1. The zero-order valence-electron chi connectivity index (χ0n) is 11.4. The molecule has 4 nitrogen and oxygen atoms in total. The number of carbonyl (C=O) groups excluding carboxylic acids is 1. The zero-order chi connectivity index (χ0) is 15.1. The summed E-state index contributed by atoms with van der Waals surface area (Å²) >= 11 is 0. The lowest BCUT2D eigenvalue weighted by Gasteiger charge is -2.04. The number of aliphatic hydroxyl groups excluding tert-OH is 2. The van der Waals surface area contributed by atoms with Gasteiger partial charge >= 0.3 is 5.97 Å². The second kappa shape index (κ2) is 13.2. The Morgan fingerprint density at radius 1 is 1.25 bits per heavy atom. The summed E-state index contributed by atoms with van der Waals surface area (Å²) in [5, 5.41) is 17.9. The maximum Gasteiger partial charge on any atom is 0.302 e. The number of hydrogen-bond donors (Lipinski definition) is 2. The van der Waals surface area contributed by atoms with E-state index < -0.39 is 6.10 Å². The van der Waals surface area contributed by atoms with Gasteiger partial charge in [0.1, 0.15) is 0 Å². The van der Waals surface area contributed by atoms with E-state index in [1.807, 2.05) is 0 Å². The molecular formula is C16H18O4. The van der Waals surface area contributed by atoms with Crippen LogP contribution in [0.1, 0.15) is 13.3 Å². The quantitative estimate of drug-likeness (QED) is 0.430. The third-order valence-corrected chi connectivity index (χ3v) is 1.86. The topological polar surface area (TPSA) is 66.8 Å². The lowest BCUT2D eigenvalue weighted by Crippen LogP contribution is -2.09. The van der Waals surface area contributed by atoms with Crippen molar-refractivity contribution in [2.45, 2.75) is 19.4 Å². The highest BCUT2D eigenvalue weighted by atomic mass is 16.5. The van der Waals surface area contributed by atoms with E-state index in [0.717, 1.165) is 0 Å². The van der Waals surface area contributed by atoms with Crippen LogP contribution < -0.4 is 0 Å². The minimum atomic E-state index is -0.657. The van der Waals surface area contributed by atoms with Crippen LogP contribution >= 0.6 is 0 Å². The predicted octanol–water partition coefficient (Wildman–Crippen LogP) is 0.968. The molecule has 0 aliphatic carbocycles. The second-order valence-corrected chi connectivity index (χ2v) is 3.56. The number of rotatable bonds is 6. The van der Waals surface area contributed by atoms with Crippen LogP contribution in [-0.4, -0.2) is 35.5 Å². The molecule has 0 aromatic heterocycles. The predicted molar refractivity (Wildman–Crippen MR) is 77.3 cm³/mol. The molecule has 0 aromatic carbocycles. The van der Waals surface area contributed by atoms with Gasteiger partial charge in [-0.3, -0.25) is 4.79 Å². The maximum atomic E-state index is 10.5. The molecule has 0 spiro atoms. The smallest absolute Gasteiger partial charge is 0.302 e. The fraction of sp³-hybridized carbons (Fsp3) is 0.312. The van der Waals surface area contributed by atoms with Crippen LogP contribution in [-0.2, 0) is 9.53 Å². The maximum absolute atomic E-state index is 10.5. The van der Waals surface area contributed by atoms with Gasteiger partial charge in [0, 0.05) is 13.3 Å². The van der Waals surface area contributed by atoms with Crippen molar-refractivity contribution in [3.8, 4) is 23.7 Å². The zero-order valence-corrected chi connectivity index (χ0v) is 11.4. The highest BCUT2D eigenvalue weighted by Gasteiger charge is 1.99. The van der Waals surface area contributed by atoms with Gasteiger partial charge in [0.05, 0.1) is 19.3 Å². The molecule has 1 atom stereocenters. The Labute approximate surface area is 119 Å². The van der Waals surface area contributed by atoms with E-state index in [1.165, 1.54) is 19.1 Å². The number of esters is 1. The summed E-state index contributed by atoms with van der Waals surface area (Å²) in [5.41, 5.74) is 0. The Morgan fingerprint density at radius 2 is 1.95 bits per heavy atom. The standard InChI is InChI=1S/C16H18O4/c1-15(18)20-14-12-16(19)11-9-7-5-3-2-4-6-8-10-13-17/h5,7-11,16-17,19H,12-14H2,1H3/b7-5+,10-8+,11-9+. The van der Waals surface area contributed by atoms with Crippen molar-refractivity contribution in [2.75, 3.05) is 13.2 Å². The molecule has 20 heavy (non-hydrogen) atoms. The average Bonchev–Trinajstić information content (AvgIpc) is 2.40. The average molecular weight is 274 g/mol. The second-order valence-electron chi connectivity index (χ2n) is 3.56. The molecule has 0 aliphatic rings. The molecule has 0 saturated carbocycles. The van der Waals surface area contributed by atoms with Gasteiger partial charge in [-0.05, 0) is 24.0 Å².